The van der Waals surface area contributed by atoms with Crippen LogP contribution in [0.3, 0.4) is 0 Å². The number of H-pyrrole nitrogens is 2. The summed E-state index contributed by atoms with van der Waals surface area (Å²) in [4.78, 5) is 23.9. The maximum atomic E-state index is 11.2. The number of rotatable bonds is 4. The molecule has 1 aliphatic rings. The average molecular weight is 212 g/mol. The lowest BCUT2D eigenvalue weighted by molar-refractivity contribution is 0.219. The fourth-order valence-electron chi connectivity index (χ4n) is 1.31. The Balaban J connectivity index is 2.05. The highest BCUT2D eigenvalue weighted by Crippen LogP contribution is 2.44. The van der Waals surface area contributed by atoms with Crippen molar-refractivity contribution in [2.45, 2.75) is 12.8 Å². The average Bonchev–Trinajstić information content (AvgIpc) is 2.97. The van der Waals surface area contributed by atoms with Crippen LogP contribution in [-0.4, -0.2) is 33.4 Å². The molecule has 0 atom stereocenters. The van der Waals surface area contributed by atoms with E-state index in [0.717, 1.165) is 12.8 Å². The minimum Gasteiger partial charge on any atom is -0.396 e. The van der Waals surface area contributed by atoms with Gasteiger partial charge in [-0.3, -0.25) is 9.78 Å². The zero-order valence-corrected chi connectivity index (χ0v) is 8.04. The molecule has 4 N–H and O–H groups in total. The molecule has 0 saturated heterocycles. The number of anilines is 1. The Hall–Kier alpha value is -1.63. The van der Waals surface area contributed by atoms with Crippen molar-refractivity contribution in [3.63, 3.8) is 0 Å². The Morgan fingerprint density at radius 1 is 1.47 bits per heavy atom. The summed E-state index contributed by atoms with van der Waals surface area (Å²) in [6.07, 6.45) is 1.88. The van der Waals surface area contributed by atoms with Gasteiger partial charge in [-0.1, -0.05) is 0 Å². The van der Waals surface area contributed by atoms with Crippen LogP contribution in [-0.2, 0) is 0 Å². The van der Waals surface area contributed by atoms with Crippen LogP contribution in [0.1, 0.15) is 12.8 Å². The Bertz CT molecular complexity index is 459. The zero-order chi connectivity index (χ0) is 10.9. The van der Waals surface area contributed by atoms with Gasteiger partial charge in [0.2, 0.25) is 5.82 Å². The molecule has 7 heteroatoms. The maximum Gasteiger partial charge on any atom is 0.342 e. The van der Waals surface area contributed by atoms with Gasteiger partial charge < -0.3 is 10.4 Å². The lowest BCUT2D eigenvalue weighted by atomic mass is 10.1. The van der Waals surface area contributed by atoms with Gasteiger partial charge in [0.25, 0.3) is 5.56 Å². The predicted octanol–water partition coefficient (Wildman–Crippen LogP) is -1.36. The molecule has 0 bridgehead atoms. The minimum atomic E-state index is -0.631. The summed E-state index contributed by atoms with van der Waals surface area (Å²) in [6, 6.07) is 0. The van der Waals surface area contributed by atoms with Crippen LogP contribution in [0.4, 0.5) is 5.82 Å². The van der Waals surface area contributed by atoms with Gasteiger partial charge in [-0.25, -0.2) is 9.89 Å². The van der Waals surface area contributed by atoms with E-state index >= 15 is 0 Å². The van der Waals surface area contributed by atoms with E-state index < -0.39 is 11.2 Å². The van der Waals surface area contributed by atoms with E-state index in [4.69, 9.17) is 5.11 Å². The van der Waals surface area contributed by atoms with E-state index in [9.17, 15) is 9.59 Å². The Labute approximate surface area is 84.5 Å². The third-order valence-electron chi connectivity index (χ3n) is 2.63. The summed E-state index contributed by atoms with van der Waals surface area (Å²) >= 11 is 0. The van der Waals surface area contributed by atoms with Crippen LogP contribution in [0.5, 0.6) is 0 Å². The van der Waals surface area contributed by atoms with Gasteiger partial charge in [0.05, 0.1) is 6.61 Å². The van der Waals surface area contributed by atoms with E-state index in [1.807, 2.05) is 0 Å². The minimum absolute atomic E-state index is 0.0781. The topological polar surface area (TPSA) is 111 Å². The van der Waals surface area contributed by atoms with Crippen LogP contribution < -0.4 is 16.6 Å². The van der Waals surface area contributed by atoms with Crippen molar-refractivity contribution in [1.82, 2.24) is 15.2 Å². The molecule has 2 rings (SSSR count). The Kier molecular flexibility index (Phi) is 2.31. The Morgan fingerprint density at radius 2 is 2.20 bits per heavy atom. The number of aliphatic hydroxyl groups is 1. The fourth-order valence-corrected chi connectivity index (χ4v) is 1.31. The van der Waals surface area contributed by atoms with Crippen molar-refractivity contribution >= 4 is 5.82 Å². The molecular weight excluding hydrogens is 200 g/mol. The number of aromatic amines is 2. The number of nitrogens with zero attached hydrogens (tertiary/aromatic N) is 1. The first-order valence-electron chi connectivity index (χ1n) is 4.69. The van der Waals surface area contributed by atoms with Crippen LogP contribution in [0.2, 0.25) is 0 Å². The first kappa shape index (κ1) is 9.91. The van der Waals surface area contributed by atoms with E-state index in [-0.39, 0.29) is 17.8 Å². The van der Waals surface area contributed by atoms with E-state index in [2.05, 4.69) is 20.5 Å². The SMILES string of the molecule is O=c1[nH]nc(NCC2(CO)CC2)c(=O)[nH]1. The van der Waals surface area contributed by atoms with Crippen molar-refractivity contribution in [2.24, 2.45) is 5.41 Å². The molecule has 0 spiro atoms. The molecule has 0 amide bonds. The molecule has 1 fully saturated rings. The lowest BCUT2D eigenvalue weighted by Gasteiger charge is -2.11. The third-order valence-corrected chi connectivity index (χ3v) is 2.63. The highest BCUT2D eigenvalue weighted by atomic mass is 16.3. The summed E-state index contributed by atoms with van der Waals surface area (Å²) < 4.78 is 0. The number of aliphatic hydroxyl groups excluding tert-OH is 1. The lowest BCUT2D eigenvalue weighted by Crippen LogP contribution is -2.29. The second kappa shape index (κ2) is 3.50. The molecule has 1 saturated carbocycles. The first-order chi connectivity index (χ1) is 7.15. The smallest absolute Gasteiger partial charge is 0.342 e. The molecule has 15 heavy (non-hydrogen) atoms. The van der Waals surface area contributed by atoms with Gasteiger partial charge in [0, 0.05) is 12.0 Å². The van der Waals surface area contributed by atoms with Crippen LogP contribution in [0.15, 0.2) is 9.59 Å². The molecular formula is C8H12N4O3. The van der Waals surface area contributed by atoms with E-state index in [1.54, 1.807) is 0 Å². The van der Waals surface area contributed by atoms with E-state index in [1.165, 1.54) is 0 Å². The second-order valence-corrected chi connectivity index (χ2v) is 3.87. The third kappa shape index (κ3) is 2.07. The molecule has 7 nitrogen and oxygen atoms in total. The van der Waals surface area contributed by atoms with Crippen LogP contribution in [0, 0.1) is 5.41 Å². The van der Waals surface area contributed by atoms with Gasteiger partial charge in [-0.2, -0.15) is 0 Å². The molecule has 0 aromatic carbocycles. The van der Waals surface area contributed by atoms with Crippen molar-refractivity contribution in [3.8, 4) is 0 Å². The largest absolute Gasteiger partial charge is 0.396 e. The predicted molar refractivity (Wildman–Crippen MR) is 52.7 cm³/mol. The molecule has 0 aliphatic heterocycles. The fraction of sp³-hybridized carbons (Fsp3) is 0.625. The van der Waals surface area contributed by atoms with Crippen LogP contribution >= 0.6 is 0 Å². The number of hydrogen-bond donors (Lipinski definition) is 4. The first-order valence-corrected chi connectivity index (χ1v) is 4.69. The summed E-state index contributed by atoms with van der Waals surface area (Å²) in [5.41, 5.74) is -1.29. The normalized spacial score (nSPS) is 17.4. The zero-order valence-electron chi connectivity index (χ0n) is 8.04. The molecule has 1 heterocycles. The molecule has 0 unspecified atom stereocenters. The van der Waals surface area contributed by atoms with Crippen molar-refractivity contribution in [3.05, 3.63) is 20.8 Å². The molecule has 82 valence electrons. The van der Waals surface area contributed by atoms with Gasteiger partial charge >= 0.3 is 5.69 Å². The van der Waals surface area contributed by atoms with Gasteiger partial charge in [-0.05, 0) is 12.8 Å². The monoisotopic (exact) mass is 212 g/mol. The highest BCUT2D eigenvalue weighted by Gasteiger charge is 2.41. The van der Waals surface area contributed by atoms with Gasteiger partial charge in [-0.15, -0.1) is 5.10 Å². The number of nitrogens with one attached hydrogen (secondary N) is 3. The summed E-state index contributed by atoms with van der Waals surface area (Å²) in [7, 11) is 0. The summed E-state index contributed by atoms with van der Waals surface area (Å²) in [5, 5.41) is 17.6. The highest BCUT2D eigenvalue weighted by molar-refractivity contribution is 5.29. The quantitative estimate of drug-likeness (QED) is 0.492. The Morgan fingerprint density at radius 3 is 2.73 bits per heavy atom. The van der Waals surface area contributed by atoms with Gasteiger partial charge in [0.15, 0.2) is 0 Å². The van der Waals surface area contributed by atoms with Gasteiger partial charge in [0.1, 0.15) is 0 Å². The number of aromatic nitrogens is 3. The molecule has 1 aromatic rings. The summed E-state index contributed by atoms with van der Waals surface area (Å²) in [6.45, 7) is 0.590. The van der Waals surface area contributed by atoms with Crippen molar-refractivity contribution in [2.75, 3.05) is 18.5 Å². The maximum absolute atomic E-state index is 11.2. The van der Waals surface area contributed by atoms with E-state index in [0.29, 0.717) is 6.54 Å². The van der Waals surface area contributed by atoms with Crippen molar-refractivity contribution in [1.29, 1.82) is 0 Å². The van der Waals surface area contributed by atoms with Crippen molar-refractivity contribution < 1.29 is 5.11 Å². The molecule has 1 aliphatic carbocycles. The molecule has 1 aromatic heterocycles. The summed E-state index contributed by atoms with van der Waals surface area (Å²) in [5.74, 6) is 0.0781. The number of hydrogen-bond acceptors (Lipinski definition) is 5. The second-order valence-electron chi connectivity index (χ2n) is 3.87. The standard InChI is InChI=1S/C8H12N4O3/c13-4-8(1-2-8)3-9-5-6(14)10-7(15)12-11-5/h13H,1-4H2,(H,9,11)(H2,10,12,14,15). The molecule has 0 radical (unpaired) electrons. The van der Waals surface area contributed by atoms with Crippen LogP contribution in [0.25, 0.3) is 0 Å².